The van der Waals surface area contributed by atoms with E-state index in [4.69, 9.17) is 0 Å². The highest BCUT2D eigenvalue weighted by Gasteiger charge is 2.13. The molecule has 0 saturated heterocycles. The molecule has 0 unspecified atom stereocenters. The zero-order valence-corrected chi connectivity index (χ0v) is 15.1. The third-order valence-electron chi connectivity index (χ3n) is 4.34. The van der Waals surface area contributed by atoms with Crippen molar-refractivity contribution in [3.8, 4) is 17.2 Å². The number of nitriles is 1. The van der Waals surface area contributed by atoms with Crippen LogP contribution in [0.2, 0.25) is 0 Å². The first-order valence-electron chi connectivity index (χ1n) is 8.80. The molecule has 3 heteroatoms. The summed E-state index contributed by atoms with van der Waals surface area (Å²) in [5, 5.41) is 12.3. The van der Waals surface area contributed by atoms with Gasteiger partial charge in [0.15, 0.2) is 0 Å². The molecule has 0 aromatic heterocycles. The van der Waals surface area contributed by atoms with Gasteiger partial charge in [0.05, 0.1) is 6.04 Å². The zero-order chi connectivity index (χ0) is 19.1. The summed E-state index contributed by atoms with van der Waals surface area (Å²) in [5.74, 6) is -0.374. The number of nitrogens with one attached hydrogen (secondary N) is 1. The van der Waals surface area contributed by atoms with Gasteiger partial charge < -0.3 is 5.32 Å². The van der Waals surface area contributed by atoms with E-state index in [1.807, 2.05) is 97.9 Å². The van der Waals surface area contributed by atoms with Crippen molar-refractivity contribution < 1.29 is 4.79 Å². The molecule has 0 aliphatic rings. The summed E-state index contributed by atoms with van der Waals surface area (Å²) < 4.78 is 0. The fraction of sp³-hybridized carbons (Fsp3) is 0.0833. The van der Waals surface area contributed by atoms with Crippen molar-refractivity contribution in [1.82, 2.24) is 5.32 Å². The van der Waals surface area contributed by atoms with E-state index in [1.54, 1.807) is 6.08 Å². The lowest BCUT2D eigenvalue weighted by Crippen LogP contribution is -2.27. The molecule has 1 N–H and O–H groups in total. The minimum atomic E-state index is -0.374. The Kier molecular flexibility index (Phi) is 5.81. The van der Waals surface area contributed by atoms with E-state index >= 15 is 0 Å². The number of carbonyl (C=O) groups excluding carboxylic acids is 1. The fourth-order valence-corrected chi connectivity index (χ4v) is 2.82. The molecule has 3 rings (SSSR count). The van der Waals surface area contributed by atoms with Gasteiger partial charge in [-0.1, -0.05) is 84.9 Å². The first-order valence-corrected chi connectivity index (χ1v) is 8.80. The number of rotatable bonds is 5. The van der Waals surface area contributed by atoms with Crippen molar-refractivity contribution in [3.63, 3.8) is 0 Å². The summed E-state index contributed by atoms with van der Waals surface area (Å²) in [5.41, 5.74) is 4.12. The molecule has 132 valence electrons. The van der Waals surface area contributed by atoms with Crippen molar-refractivity contribution in [3.05, 3.63) is 102 Å². The maximum atomic E-state index is 12.4. The molecule has 0 aliphatic carbocycles. The number of carbonyl (C=O) groups is 1. The Morgan fingerprint density at radius 2 is 1.44 bits per heavy atom. The summed E-state index contributed by atoms with van der Waals surface area (Å²) in [6.07, 6.45) is 1.61. The van der Waals surface area contributed by atoms with Gasteiger partial charge in [-0.25, -0.2) is 0 Å². The number of amides is 1. The molecule has 3 aromatic rings. The van der Waals surface area contributed by atoms with Crippen LogP contribution in [-0.2, 0) is 4.79 Å². The highest BCUT2D eigenvalue weighted by atomic mass is 16.1. The van der Waals surface area contributed by atoms with Crippen molar-refractivity contribution in [2.24, 2.45) is 0 Å². The first kappa shape index (κ1) is 18.2. The van der Waals surface area contributed by atoms with Crippen LogP contribution < -0.4 is 5.32 Å². The number of hydrogen-bond acceptors (Lipinski definition) is 2. The van der Waals surface area contributed by atoms with Crippen LogP contribution in [0.25, 0.3) is 17.2 Å². The Morgan fingerprint density at radius 1 is 0.889 bits per heavy atom. The molecule has 1 amide bonds. The lowest BCUT2D eigenvalue weighted by molar-refractivity contribution is -0.117. The quantitative estimate of drug-likeness (QED) is 0.511. The molecule has 3 aromatic carbocycles. The molecule has 3 nitrogen and oxygen atoms in total. The van der Waals surface area contributed by atoms with Crippen LogP contribution in [0.15, 0.2) is 90.5 Å². The Hall–Kier alpha value is -3.64. The van der Waals surface area contributed by atoms with Gasteiger partial charge in [-0.05, 0) is 35.3 Å². The summed E-state index contributed by atoms with van der Waals surface area (Å²) in [6, 6.07) is 29.4. The molecule has 27 heavy (non-hydrogen) atoms. The summed E-state index contributed by atoms with van der Waals surface area (Å²) in [4.78, 5) is 12.4. The second kappa shape index (κ2) is 8.64. The zero-order valence-electron chi connectivity index (χ0n) is 15.1. The second-order valence-electron chi connectivity index (χ2n) is 6.26. The van der Waals surface area contributed by atoms with Crippen LogP contribution in [0.5, 0.6) is 0 Å². The Morgan fingerprint density at radius 3 is 2.04 bits per heavy atom. The average Bonchev–Trinajstić information content (AvgIpc) is 2.73. The van der Waals surface area contributed by atoms with Gasteiger partial charge in [-0.3, -0.25) is 4.79 Å². The smallest absolute Gasteiger partial charge is 0.262 e. The van der Waals surface area contributed by atoms with Gasteiger partial charge in [-0.15, -0.1) is 0 Å². The van der Waals surface area contributed by atoms with Gasteiger partial charge in [0.1, 0.15) is 11.6 Å². The van der Waals surface area contributed by atoms with Crippen molar-refractivity contribution in [2.75, 3.05) is 0 Å². The summed E-state index contributed by atoms with van der Waals surface area (Å²) >= 11 is 0. The standard InChI is InChI=1S/C24H20N2O/c1-18(20-8-4-2-5-9-20)26-24(27)23(17-25)16-19-12-14-22(15-13-19)21-10-6-3-7-11-21/h2-16,18H,1H3,(H,26,27)/b23-16+/t18-/m0/s1. The van der Waals surface area contributed by atoms with E-state index in [-0.39, 0.29) is 17.5 Å². The predicted molar refractivity (Wildman–Crippen MR) is 108 cm³/mol. The molecule has 1 atom stereocenters. The minimum absolute atomic E-state index is 0.0882. The van der Waals surface area contributed by atoms with Gasteiger partial charge in [0, 0.05) is 0 Å². The number of nitrogens with zero attached hydrogens (tertiary/aromatic N) is 1. The van der Waals surface area contributed by atoms with E-state index in [0.29, 0.717) is 0 Å². The Bertz CT molecular complexity index is 968. The van der Waals surface area contributed by atoms with Crippen LogP contribution in [0, 0.1) is 11.3 Å². The lowest BCUT2D eigenvalue weighted by Gasteiger charge is -2.13. The molecule has 0 bridgehead atoms. The van der Waals surface area contributed by atoms with Crippen LogP contribution in [0.1, 0.15) is 24.1 Å². The molecule has 0 fully saturated rings. The molecule has 0 heterocycles. The van der Waals surface area contributed by atoms with Crippen molar-refractivity contribution in [2.45, 2.75) is 13.0 Å². The normalized spacial score (nSPS) is 12.1. The van der Waals surface area contributed by atoms with E-state index < -0.39 is 0 Å². The Labute approximate surface area is 159 Å². The lowest BCUT2D eigenvalue weighted by atomic mass is 10.0. The maximum absolute atomic E-state index is 12.4. The predicted octanol–water partition coefficient (Wildman–Crippen LogP) is 5.14. The largest absolute Gasteiger partial charge is 0.345 e. The first-order chi connectivity index (χ1) is 13.2. The highest BCUT2D eigenvalue weighted by molar-refractivity contribution is 6.01. The van der Waals surface area contributed by atoms with Gasteiger partial charge in [0.25, 0.3) is 5.91 Å². The summed E-state index contributed by atoms with van der Waals surface area (Å²) in [6.45, 7) is 1.90. The number of hydrogen-bond donors (Lipinski definition) is 1. The average molecular weight is 352 g/mol. The van der Waals surface area contributed by atoms with Crippen LogP contribution in [0.4, 0.5) is 0 Å². The van der Waals surface area contributed by atoms with Crippen LogP contribution >= 0.6 is 0 Å². The maximum Gasteiger partial charge on any atom is 0.262 e. The minimum Gasteiger partial charge on any atom is -0.345 e. The third kappa shape index (κ3) is 4.71. The van der Waals surface area contributed by atoms with E-state index in [2.05, 4.69) is 5.32 Å². The van der Waals surface area contributed by atoms with Gasteiger partial charge in [0.2, 0.25) is 0 Å². The SMILES string of the molecule is C[C@H](NC(=O)/C(C#N)=C/c1ccc(-c2ccccc2)cc1)c1ccccc1. The van der Waals surface area contributed by atoms with Crippen LogP contribution in [0.3, 0.4) is 0 Å². The van der Waals surface area contributed by atoms with Crippen molar-refractivity contribution in [1.29, 1.82) is 5.26 Å². The Balaban J connectivity index is 1.74. The molecule has 0 saturated carbocycles. The fourth-order valence-electron chi connectivity index (χ4n) is 2.82. The van der Waals surface area contributed by atoms with E-state index in [1.165, 1.54) is 0 Å². The highest BCUT2D eigenvalue weighted by Crippen LogP contribution is 2.20. The molecule has 0 radical (unpaired) electrons. The molecule has 0 aliphatic heterocycles. The monoisotopic (exact) mass is 352 g/mol. The third-order valence-corrected chi connectivity index (χ3v) is 4.34. The van der Waals surface area contributed by atoms with Gasteiger partial charge >= 0.3 is 0 Å². The molecule has 0 spiro atoms. The molecular formula is C24H20N2O. The van der Waals surface area contributed by atoms with E-state index in [0.717, 1.165) is 22.3 Å². The van der Waals surface area contributed by atoms with Crippen molar-refractivity contribution >= 4 is 12.0 Å². The molecular weight excluding hydrogens is 332 g/mol. The topological polar surface area (TPSA) is 52.9 Å². The van der Waals surface area contributed by atoms with Crippen LogP contribution in [-0.4, -0.2) is 5.91 Å². The summed E-state index contributed by atoms with van der Waals surface area (Å²) in [7, 11) is 0. The van der Waals surface area contributed by atoms with Gasteiger partial charge in [-0.2, -0.15) is 5.26 Å². The number of benzene rings is 3. The second-order valence-corrected chi connectivity index (χ2v) is 6.26. The van der Waals surface area contributed by atoms with E-state index in [9.17, 15) is 10.1 Å².